The van der Waals surface area contributed by atoms with E-state index in [4.69, 9.17) is 4.42 Å². The average Bonchev–Trinajstić information content (AvgIpc) is 3.17. The Balaban J connectivity index is 1.56. The van der Waals surface area contributed by atoms with E-state index < -0.39 is 4.92 Å². The van der Waals surface area contributed by atoms with Gasteiger partial charge >= 0.3 is 0 Å². The maximum Gasteiger partial charge on any atom is 0.270 e. The molecule has 0 aliphatic carbocycles. The fraction of sp³-hybridized carbons (Fsp3) is 0.120. The first kappa shape index (κ1) is 21.0. The third kappa shape index (κ3) is 4.41. The number of nitrogens with zero attached hydrogens (tertiary/aromatic N) is 2. The van der Waals surface area contributed by atoms with Crippen molar-refractivity contribution in [2.75, 3.05) is 5.32 Å². The molecule has 1 heterocycles. The van der Waals surface area contributed by atoms with E-state index in [0.29, 0.717) is 22.7 Å². The molecule has 7 heteroatoms. The lowest BCUT2D eigenvalue weighted by Crippen LogP contribution is -2.09. The number of nitro benzene ring substituents is 1. The second kappa shape index (κ2) is 8.47. The van der Waals surface area contributed by atoms with Gasteiger partial charge in [-0.2, -0.15) is 0 Å². The number of carbonyl (C=O) groups is 1. The maximum atomic E-state index is 12.4. The van der Waals surface area contributed by atoms with Crippen LogP contribution in [0, 0.1) is 30.9 Å². The van der Waals surface area contributed by atoms with Crippen LogP contribution in [0.2, 0.25) is 0 Å². The van der Waals surface area contributed by atoms with Gasteiger partial charge in [-0.3, -0.25) is 14.9 Å². The Morgan fingerprint density at radius 3 is 2.59 bits per heavy atom. The molecule has 0 unspecified atom stereocenters. The lowest BCUT2D eigenvalue weighted by molar-refractivity contribution is -0.384. The van der Waals surface area contributed by atoms with E-state index in [1.54, 1.807) is 12.1 Å². The largest absolute Gasteiger partial charge is 0.436 e. The SMILES string of the molecule is Cc1cc2nc(-c3ccc(C)c(NC(=O)/C=C/c4cccc([N+](=O)[O-])c4)c3)oc2cc1C. The second-order valence-electron chi connectivity index (χ2n) is 7.63. The maximum absolute atomic E-state index is 12.4. The van der Waals surface area contributed by atoms with Gasteiger partial charge in [0.1, 0.15) is 5.52 Å². The second-order valence-corrected chi connectivity index (χ2v) is 7.63. The lowest BCUT2D eigenvalue weighted by atomic mass is 10.1. The first-order valence-corrected chi connectivity index (χ1v) is 10.0. The summed E-state index contributed by atoms with van der Waals surface area (Å²) < 4.78 is 5.93. The van der Waals surface area contributed by atoms with Crippen molar-refractivity contribution in [3.8, 4) is 11.5 Å². The third-order valence-electron chi connectivity index (χ3n) is 5.25. The topological polar surface area (TPSA) is 98.3 Å². The Morgan fingerprint density at radius 2 is 1.81 bits per heavy atom. The quantitative estimate of drug-likeness (QED) is 0.240. The molecule has 4 aromatic rings. The smallest absolute Gasteiger partial charge is 0.270 e. The van der Waals surface area contributed by atoms with E-state index in [9.17, 15) is 14.9 Å². The van der Waals surface area contributed by atoms with Gasteiger partial charge in [0, 0.05) is 29.5 Å². The monoisotopic (exact) mass is 427 g/mol. The molecule has 0 spiro atoms. The van der Waals surface area contributed by atoms with Gasteiger partial charge in [0.05, 0.1) is 4.92 Å². The van der Waals surface area contributed by atoms with Gasteiger partial charge in [-0.05, 0) is 73.4 Å². The number of nitrogens with one attached hydrogen (secondary N) is 1. The van der Waals surface area contributed by atoms with Crippen molar-refractivity contribution < 1.29 is 14.1 Å². The zero-order chi connectivity index (χ0) is 22.8. The van der Waals surface area contributed by atoms with Crippen molar-refractivity contribution in [1.29, 1.82) is 0 Å². The molecule has 0 aliphatic heterocycles. The van der Waals surface area contributed by atoms with E-state index in [1.165, 1.54) is 24.3 Å². The number of benzene rings is 3. The van der Waals surface area contributed by atoms with Crippen molar-refractivity contribution in [3.05, 3.63) is 93.0 Å². The molecule has 0 radical (unpaired) electrons. The molecular formula is C25H21N3O4. The summed E-state index contributed by atoms with van der Waals surface area (Å²) in [5, 5.41) is 13.7. The number of non-ortho nitro benzene ring substituents is 1. The number of rotatable bonds is 5. The molecule has 0 fully saturated rings. The Morgan fingerprint density at radius 1 is 1.03 bits per heavy atom. The minimum Gasteiger partial charge on any atom is -0.436 e. The van der Waals surface area contributed by atoms with Gasteiger partial charge in [0.15, 0.2) is 5.58 Å². The predicted octanol–water partition coefficient (Wildman–Crippen LogP) is 5.98. The minimum atomic E-state index is -0.471. The molecule has 32 heavy (non-hydrogen) atoms. The first-order valence-electron chi connectivity index (χ1n) is 10.0. The molecule has 1 aromatic heterocycles. The molecule has 0 bridgehead atoms. The highest BCUT2D eigenvalue weighted by Crippen LogP contribution is 2.29. The average molecular weight is 427 g/mol. The summed E-state index contributed by atoms with van der Waals surface area (Å²) in [7, 11) is 0. The normalized spacial score (nSPS) is 11.2. The van der Waals surface area contributed by atoms with Crippen LogP contribution in [0.4, 0.5) is 11.4 Å². The van der Waals surface area contributed by atoms with Crippen LogP contribution in [-0.4, -0.2) is 15.8 Å². The molecule has 4 rings (SSSR count). The minimum absolute atomic E-state index is 0.0279. The summed E-state index contributed by atoms with van der Waals surface area (Å²) in [6.45, 7) is 5.95. The number of fused-ring (bicyclic) bond motifs is 1. The Kier molecular flexibility index (Phi) is 5.55. The van der Waals surface area contributed by atoms with E-state index in [1.807, 2.05) is 51.1 Å². The fourth-order valence-electron chi connectivity index (χ4n) is 3.28. The molecule has 160 valence electrons. The van der Waals surface area contributed by atoms with Gasteiger partial charge in [-0.15, -0.1) is 0 Å². The van der Waals surface area contributed by atoms with Gasteiger partial charge < -0.3 is 9.73 Å². The summed E-state index contributed by atoms with van der Waals surface area (Å²) in [4.78, 5) is 27.5. The Bertz CT molecular complexity index is 1350. The Hall–Kier alpha value is -4.26. The number of carbonyl (C=O) groups excluding carboxylic acids is 1. The standard InChI is InChI=1S/C25H21N3O4/c1-15-7-9-19(25-27-22-11-16(2)17(3)12-23(22)32-25)14-21(15)26-24(29)10-8-18-5-4-6-20(13-18)28(30)31/h4-14H,1-3H3,(H,26,29)/b10-8+. The number of amides is 1. The number of hydrogen-bond donors (Lipinski definition) is 1. The van der Waals surface area contributed by atoms with E-state index >= 15 is 0 Å². The first-order chi connectivity index (χ1) is 15.3. The highest BCUT2D eigenvalue weighted by atomic mass is 16.6. The number of hydrogen-bond acceptors (Lipinski definition) is 5. The fourth-order valence-corrected chi connectivity index (χ4v) is 3.28. The summed E-state index contributed by atoms with van der Waals surface area (Å²) >= 11 is 0. The van der Waals surface area contributed by atoms with E-state index in [2.05, 4.69) is 10.3 Å². The van der Waals surface area contributed by atoms with Crippen molar-refractivity contribution in [1.82, 2.24) is 4.98 Å². The van der Waals surface area contributed by atoms with Crippen molar-refractivity contribution in [2.24, 2.45) is 0 Å². The number of anilines is 1. The van der Waals surface area contributed by atoms with Gasteiger partial charge in [0.2, 0.25) is 11.8 Å². The van der Waals surface area contributed by atoms with Crippen LogP contribution < -0.4 is 5.32 Å². The van der Waals surface area contributed by atoms with E-state index in [-0.39, 0.29) is 11.6 Å². The van der Waals surface area contributed by atoms with Gasteiger partial charge in [0.25, 0.3) is 5.69 Å². The summed E-state index contributed by atoms with van der Waals surface area (Å²) in [5.74, 6) is 0.133. The Labute approximate surface area is 184 Å². The predicted molar refractivity (Wildman–Crippen MR) is 124 cm³/mol. The highest BCUT2D eigenvalue weighted by molar-refractivity contribution is 6.02. The number of nitro groups is 1. The molecule has 0 aliphatic rings. The molecule has 1 amide bonds. The van der Waals surface area contributed by atoms with Crippen molar-refractivity contribution >= 4 is 34.5 Å². The number of aryl methyl sites for hydroxylation is 3. The van der Waals surface area contributed by atoms with E-state index in [0.717, 1.165) is 27.8 Å². The molecule has 1 N–H and O–H groups in total. The van der Waals surface area contributed by atoms with Crippen LogP contribution >= 0.6 is 0 Å². The molecule has 3 aromatic carbocycles. The van der Waals surface area contributed by atoms with Gasteiger partial charge in [-0.25, -0.2) is 4.98 Å². The van der Waals surface area contributed by atoms with Crippen molar-refractivity contribution in [2.45, 2.75) is 20.8 Å². The third-order valence-corrected chi connectivity index (χ3v) is 5.25. The molecular weight excluding hydrogens is 406 g/mol. The zero-order valence-corrected chi connectivity index (χ0v) is 17.9. The van der Waals surface area contributed by atoms with Crippen LogP contribution in [-0.2, 0) is 4.79 Å². The molecule has 0 atom stereocenters. The van der Waals surface area contributed by atoms with Crippen LogP contribution in [0.25, 0.3) is 28.6 Å². The molecule has 0 saturated carbocycles. The highest BCUT2D eigenvalue weighted by Gasteiger charge is 2.12. The summed E-state index contributed by atoms with van der Waals surface area (Å²) in [6, 6.07) is 15.6. The van der Waals surface area contributed by atoms with Crippen molar-refractivity contribution in [3.63, 3.8) is 0 Å². The molecule has 0 saturated heterocycles. The van der Waals surface area contributed by atoms with Crippen LogP contribution in [0.3, 0.4) is 0 Å². The summed E-state index contributed by atoms with van der Waals surface area (Å²) in [5.41, 5.74) is 6.58. The number of oxazole rings is 1. The van der Waals surface area contributed by atoms with Crippen LogP contribution in [0.5, 0.6) is 0 Å². The van der Waals surface area contributed by atoms with Crippen LogP contribution in [0.1, 0.15) is 22.3 Å². The zero-order valence-electron chi connectivity index (χ0n) is 17.9. The number of aromatic nitrogens is 1. The lowest BCUT2D eigenvalue weighted by Gasteiger charge is -2.08. The summed E-state index contributed by atoms with van der Waals surface area (Å²) in [6.07, 6.45) is 2.88. The van der Waals surface area contributed by atoms with Crippen LogP contribution in [0.15, 0.2) is 65.1 Å². The molecule has 7 nitrogen and oxygen atoms in total. The van der Waals surface area contributed by atoms with Gasteiger partial charge in [-0.1, -0.05) is 18.2 Å².